The van der Waals surface area contributed by atoms with Crippen LogP contribution >= 0.6 is 0 Å². The van der Waals surface area contributed by atoms with Crippen LogP contribution in [0, 0.1) is 23.7 Å². The number of nitrogens with one attached hydrogen (secondary N) is 1. The third kappa shape index (κ3) is 3.86. The van der Waals surface area contributed by atoms with E-state index in [0.29, 0.717) is 32.0 Å². The molecule has 29 heavy (non-hydrogen) atoms. The fourth-order valence-electron chi connectivity index (χ4n) is 4.80. The molecule has 7 nitrogen and oxygen atoms in total. The summed E-state index contributed by atoms with van der Waals surface area (Å²) in [6.07, 6.45) is 6.65. The predicted molar refractivity (Wildman–Crippen MR) is 110 cm³/mol. The van der Waals surface area contributed by atoms with E-state index in [4.69, 9.17) is 10.5 Å². The highest BCUT2D eigenvalue weighted by atomic mass is 16.5. The SMILES string of the molecule is COc1ccc(CCNC(N)=NCCCN2C(=O)C3C4C=CC(C4)C3C2=O)cc1. The number of imide groups is 1. The number of likely N-dealkylation sites (tertiary alicyclic amines) is 1. The van der Waals surface area contributed by atoms with E-state index in [9.17, 15) is 9.59 Å². The molecule has 1 aromatic carbocycles. The molecule has 7 heteroatoms. The van der Waals surface area contributed by atoms with E-state index in [1.165, 1.54) is 10.5 Å². The predicted octanol–water partition coefficient (Wildman–Crippen LogP) is 1.34. The van der Waals surface area contributed by atoms with E-state index in [1.54, 1.807) is 7.11 Å². The molecule has 154 valence electrons. The van der Waals surface area contributed by atoms with Gasteiger partial charge in [-0.15, -0.1) is 0 Å². The highest BCUT2D eigenvalue weighted by molar-refractivity contribution is 6.06. The lowest BCUT2D eigenvalue weighted by molar-refractivity contribution is -0.140. The van der Waals surface area contributed by atoms with Gasteiger partial charge in [0.2, 0.25) is 11.8 Å². The zero-order valence-electron chi connectivity index (χ0n) is 16.7. The summed E-state index contributed by atoms with van der Waals surface area (Å²) in [5, 5.41) is 3.10. The summed E-state index contributed by atoms with van der Waals surface area (Å²) in [6.45, 7) is 1.59. The summed E-state index contributed by atoms with van der Waals surface area (Å²) < 4.78 is 5.15. The molecule has 1 aliphatic heterocycles. The number of guanidine groups is 1. The zero-order valence-corrected chi connectivity index (χ0v) is 16.7. The number of aliphatic imine (C=N–C) groups is 1. The van der Waals surface area contributed by atoms with Gasteiger partial charge in [0, 0.05) is 19.6 Å². The number of allylic oxidation sites excluding steroid dienone is 2. The van der Waals surface area contributed by atoms with Gasteiger partial charge in [-0.05, 0) is 48.8 Å². The van der Waals surface area contributed by atoms with Crippen LogP contribution in [-0.2, 0) is 16.0 Å². The number of carbonyl (C=O) groups is 2. The van der Waals surface area contributed by atoms with Gasteiger partial charge in [0.25, 0.3) is 0 Å². The molecule has 2 fully saturated rings. The molecule has 4 rings (SSSR count). The second-order valence-electron chi connectivity index (χ2n) is 7.97. The maximum atomic E-state index is 12.6. The Balaban J connectivity index is 1.17. The number of amides is 2. The number of ether oxygens (including phenoxy) is 1. The minimum atomic E-state index is -0.120. The Morgan fingerprint density at radius 1 is 1.17 bits per heavy atom. The van der Waals surface area contributed by atoms with Crippen molar-refractivity contribution in [2.24, 2.45) is 34.4 Å². The Morgan fingerprint density at radius 3 is 2.45 bits per heavy atom. The minimum absolute atomic E-state index is 0.00594. The van der Waals surface area contributed by atoms with E-state index < -0.39 is 0 Å². The number of methoxy groups -OCH3 is 1. The number of nitrogens with zero attached hydrogens (tertiary/aromatic N) is 2. The van der Waals surface area contributed by atoms with E-state index in [0.717, 1.165) is 18.6 Å². The monoisotopic (exact) mass is 396 g/mol. The van der Waals surface area contributed by atoms with Crippen molar-refractivity contribution in [2.75, 3.05) is 26.7 Å². The number of fused-ring (bicyclic) bond motifs is 5. The van der Waals surface area contributed by atoms with Crippen LogP contribution in [-0.4, -0.2) is 49.4 Å². The number of benzene rings is 1. The minimum Gasteiger partial charge on any atom is -0.497 e. The van der Waals surface area contributed by atoms with Crippen molar-refractivity contribution in [2.45, 2.75) is 19.3 Å². The molecule has 1 aromatic rings. The summed E-state index contributed by atoms with van der Waals surface area (Å²) in [7, 11) is 1.65. The first-order valence-corrected chi connectivity index (χ1v) is 10.3. The summed E-state index contributed by atoms with van der Waals surface area (Å²) in [5.41, 5.74) is 7.10. The molecule has 2 aliphatic carbocycles. The van der Waals surface area contributed by atoms with Gasteiger partial charge in [-0.2, -0.15) is 0 Å². The van der Waals surface area contributed by atoms with Gasteiger partial charge in [-0.3, -0.25) is 19.5 Å². The number of hydrogen-bond acceptors (Lipinski definition) is 4. The van der Waals surface area contributed by atoms with Crippen molar-refractivity contribution in [1.82, 2.24) is 10.2 Å². The van der Waals surface area contributed by atoms with E-state index in [1.807, 2.05) is 24.3 Å². The van der Waals surface area contributed by atoms with Crippen LogP contribution in [0.25, 0.3) is 0 Å². The molecule has 1 saturated heterocycles. The molecular formula is C22H28N4O3. The molecule has 3 N–H and O–H groups in total. The average Bonchev–Trinajstić information content (AvgIpc) is 3.41. The summed E-state index contributed by atoms with van der Waals surface area (Å²) in [6, 6.07) is 7.91. The highest BCUT2D eigenvalue weighted by Gasteiger charge is 2.58. The lowest BCUT2D eigenvalue weighted by atomic mass is 9.85. The molecule has 1 heterocycles. The molecule has 1 saturated carbocycles. The number of hydrogen-bond donors (Lipinski definition) is 2. The summed E-state index contributed by atoms with van der Waals surface area (Å²) in [5.74, 6) is 1.52. The lowest BCUT2D eigenvalue weighted by Crippen LogP contribution is -2.35. The first-order valence-electron chi connectivity index (χ1n) is 10.3. The van der Waals surface area contributed by atoms with Gasteiger partial charge in [0.1, 0.15) is 5.75 Å². The van der Waals surface area contributed by atoms with Gasteiger partial charge in [0.05, 0.1) is 18.9 Å². The van der Waals surface area contributed by atoms with Crippen molar-refractivity contribution >= 4 is 17.8 Å². The van der Waals surface area contributed by atoms with Crippen molar-refractivity contribution < 1.29 is 14.3 Å². The molecular weight excluding hydrogens is 368 g/mol. The molecule has 3 aliphatic rings. The van der Waals surface area contributed by atoms with Crippen LogP contribution in [0.3, 0.4) is 0 Å². The quantitative estimate of drug-likeness (QED) is 0.227. The van der Waals surface area contributed by atoms with Gasteiger partial charge >= 0.3 is 0 Å². The standard InChI is InChI=1S/C22H28N4O3/c1-29-17-7-3-14(4-8-17)9-11-25-22(23)24-10-2-12-26-20(27)18-15-5-6-16(13-15)19(18)21(26)28/h3-8,15-16,18-19H,2,9-13H2,1H3,(H3,23,24,25). The van der Waals surface area contributed by atoms with Crippen LogP contribution in [0.4, 0.5) is 0 Å². The molecule has 0 spiro atoms. The van der Waals surface area contributed by atoms with Crippen LogP contribution in [0.2, 0.25) is 0 Å². The highest BCUT2D eigenvalue weighted by Crippen LogP contribution is 2.52. The van der Waals surface area contributed by atoms with Crippen molar-refractivity contribution in [3.05, 3.63) is 42.0 Å². The third-order valence-corrected chi connectivity index (χ3v) is 6.26. The summed E-state index contributed by atoms with van der Waals surface area (Å²) in [4.78, 5) is 31.0. The number of rotatable bonds is 8. The smallest absolute Gasteiger partial charge is 0.233 e. The normalized spacial score (nSPS) is 27.6. The van der Waals surface area contributed by atoms with E-state index in [2.05, 4.69) is 22.5 Å². The van der Waals surface area contributed by atoms with Crippen LogP contribution in [0.15, 0.2) is 41.4 Å². The fraction of sp³-hybridized carbons (Fsp3) is 0.500. The van der Waals surface area contributed by atoms with Gasteiger partial charge in [0.15, 0.2) is 5.96 Å². The van der Waals surface area contributed by atoms with Gasteiger partial charge in [-0.25, -0.2) is 0 Å². The largest absolute Gasteiger partial charge is 0.497 e. The molecule has 0 aromatic heterocycles. The maximum Gasteiger partial charge on any atom is 0.233 e. The van der Waals surface area contributed by atoms with Crippen LogP contribution in [0.1, 0.15) is 18.4 Å². The Kier molecular flexibility index (Phi) is 5.56. The first kappa shape index (κ1) is 19.5. The Labute approximate surface area is 171 Å². The van der Waals surface area contributed by atoms with Crippen LogP contribution < -0.4 is 15.8 Å². The third-order valence-electron chi connectivity index (χ3n) is 6.26. The number of nitrogens with two attached hydrogens (primary N) is 1. The lowest BCUT2D eigenvalue weighted by Gasteiger charge is -2.16. The molecule has 2 amide bonds. The molecule has 4 atom stereocenters. The topological polar surface area (TPSA) is 97.0 Å². The second-order valence-corrected chi connectivity index (χ2v) is 7.97. The average molecular weight is 396 g/mol. The Hall–Kier alpha value is -2.83. The molecule has 2 bridgehead atoms. The van der Waals surface area contributed by atoms with E-state index in [-0.39, 0.29) is 35.5 Å². The Bertz CT molecular complexity index is 803. The van der Waals surface area contributed by atoms with Crippen molar-refractivity contribution in [3.63, 3.8) is 0 Å². The zero-order chi connectivity index (χ0) is 20.4. The number of carbonyl (C=O) groups excluding carboxylic acids is 2. The first-order chi connectivity index (χ1) is 14.1. The molecule has 0 radical (unpaired) electrons. The van der Waals surface area contributed by atoms with Crippen molar-refractivity contribution in [1.29, 1.82) is 0 Å². The fourth-order valence-corrected chi connectivity index (χ4v) is 4.80. The van der Waals surface area contributed by atoms with Crippen molar-refractivity contribution in [3.8, 4) is 5.75 Å². The second kappa shape index (κ2) is 8.27. The van der Waals surface area contributed by atoms with Gasteiger partial charge in [-0.1, -0.05) is 24.3 Å². The van der Waals surface area contributed by atoms with E-state index >= 15 is 0 Å². The molecule has 4 unspecified atom stereocenters. The van der Waals surface area contributed by atoms with Gasteiger partial charge < -0.3 is 15.8 Å². The summed E-state index contributed by atoms with van der Waals surface area (Å²) >= 11 is 0. The Morgan fingerprint density at radius 2 is 1.83 bits per heavy atom. The van der Waals surface area contributed by atoms with Crippen LogP contribution in [0.5, 0.6) is 5.75 Å². The maximum absolute atomic E-state index is 12.6.